The number of hydrogen-bond acceptors (Lipinski definition) is 4. The molecule has 0 saturated carbocycles. The lowest BCUT2D eigenvalue weighted by atomic mass is 10.1. The highest BCUT2D eigenvalue weighted by atomic mass is 16.5. The summed E-state index contributed by atoms with van der Waals surface area (Å²) in [5.41, 5.74) is 2.91. The van der Waals surface area contributed by atoms with E-state index in [-0.39, 0.29) is 11.7 Å². The molecule has 0 fully saturated rings. The molecule has 2 aromatic rings. The summed E-state index contributed by atoms with van der Waals surface area (Å²) in [6.45, 7) is 2.91. The van der Waals surface area contributed by atoms with E-state index in [0.29, 0.717) is 18.8 Å². The van der Waals surface area contributed by atoms with E-state index in [1.165, 1.54) is 7.11 Å². The van der Waals surface area contributed by atoms with Gasteiger partial charge in [0, 0.05) is 17.7 Å². The first-order valence-electron chi connectivity index (χ1n) is 7.24. The largest absolute Gasteiger partial charge is 0.508 e. The van der Waals surface area contributed by atoms with Gasteiger partial charge in [-0.1, -0.05) is 11.8 Å². The fraction of sp³-hybridized carbons (Fsp3) is 0.211. The van der Waals surface area contributed by atoms with E-state index in [0.717, 1.165) is 16.7 Å². The van der Waals surface area contributed by atoms with Crippen LogP contribution in [-0.4, -0.2) is 24.8 Å². The Morgan fingerprint density at radius 1 is 1.13 bits per heavy atom. The number of carbonyl (C=O) groups is 1. The Bertz CT molecular complexity index is 736. The van der Waals surface area contributed by atoms with Gasteiger partial charge in [-0.05, 0) is 55.0 Å². The number of phenols is 1. The van der Waals surface area contributed by atoms with Gasteiger partial charge >= 0.3 is 5.97 Å². The molecule has 0 aliphatic heterocycles. The van der Waals surface area contributed by atoms with E-state index in [1.807, 2.05) is 6.92 Å². The van der Waals surface area contributed by atoms with Crippen LogP contribution in [0.1, 0.15) is 34.0 Å². The average molecular weight is 310 g/mol. The lowest BCUT2D eigenvalue weighted by Crippen LogP contribution is -2.00. The predicted molar refractivity (Wildman–Crippen MR) is 87.2 cm³/mol. The van der Waals surface area contributed by atoms with Gasteiger partial charge in [0.2, 0.25) is 0 Å². The zero-order valence-corrected chi connectivity index (χ0v) is 13.1. The third kappa shape index (κ3) is 4.60. The molecule has 118 valence electrons. The lowest BCUT2D eigenvalue weighted by molar-refractivity contribution is 0.0600. The second-order valence-corrected chi connectivity index (χ2v) is 4.80. The summed E-state index contributed by atoms with van der Waals surface area (Å²) in [6.07, 6.45) is 0. The van der Waals surface area contributed by atoms with Crippen molar-refractivity contribution in [2.45, 2.75) is 13.5 Å². The third-order valence-electron chi connectivity index (χ3n) is 3.20. The maximum absolute atomic E-state index is 11.4. The van der Waals surface area contributed by atoms with Crippen molar-refractivity contribution in [3.63, 3.8) is 0 Å². The van der Waals surface area contributed by atoms with Crippen molar-refractivity contribution in [1.82, 2.24) is 0 Å². The first-order chi connectivity index (χ1) is 11.1. The maximum Gasteiger partial charge on any atom is 0.337 e. The molecule has 0 amide bonds. The summed E-state index contributed by atoms with van der Waals surface area (Å²) >= 11 is 0. The van der Waals surface area contributed by atoms with Crippen molar-refractivity contribution in [2.75, 3.05) is 13.7 Å². The van der Waals surface area contributed by atoms with E-state index in [2.05, 4.69) is 16.6 Å². The van der Waals surface area contributed by atoms with Crippen LogP contribution in [0.5, 0.6) is 5.75 Å². The van der Waals surface area contributed by atoms with Crippen LogP contribution in [0, 0.1) is 11.8 Å². The summed E-state index contributed by atoms with van der Waals surface area (Å²) in [4.78, 5) is 11.4. The molecule has 2 aromatic carbocycles. The van der Waals surface area contributed by atoms with E-state index in [4.69, 9.17) is 4.74 Å². The van der Waals surface area contributed by atoms with Crippen molar-refractivity contribution in [2.24, 2.45) is 0 Å². The van der Waals surface area contributed by atoms with E-state index in [9.17, 15) is 9.90 Å². The molecule has 0 atom stereocenters. The number of carbonyl (C=O) groups excluding carboxylic acids is 1. The molecule has 1 N–H and O–H groups in total. The molecule has 0 unspecified atom stereocenters. The first-order valence-corrected chi connectivity index (χ1v) is 7.24. The van der Waals surface area contributed by atoms with E-state index < -0.39 is 0 Å². The highest BCUT2D eigenvalue weighted by Gasteiger charge is 2.04. The van der Waals surface area contributed by atoms with Crippen LogP contribution in [0.2, 0.25) is 0 Å². The van der Waals surface area contributed by atoms with Crippen LogP contribution >= 0.6 is 0 Å². The molecule has 0 bridgehead atoms. The number of esters is 1. The van der Waals surface area contributed by atoms with Crippen molar-refractivity contribution in [3.05, 3.63) is 64.7 Å². The Morgan fingerprint density at radius 3 is 2.52 bits per heavy atom. The number of phenolic OH excluding ortho intramolecular Hbond substituents is 1. The minimum absolute atomic E-state index is 0.188. The minimum atomic E-state index is -0.373. The van der Waals surface area contributed by atoms with Gasteiger partial charge in [0.15, 0.2) is 0 Å². The molecule has 0 radical (unpaired) electrons. The zero-order valence-electron chi connectivity index (χ0n) is 13.1. The highest BCUT2D eigenvalue weighted by Crippen LogP contribution is 2.17. The number of rotatable bonds is 4. The number of methoxy groups -OCH3 is 1. The van der Waals surface area contributed by atoms with Gasteiger partial charge in [-0.3, -0.25) is 0 Å². The molecule has 4 nitrogen and oxygen atoms in total. The summed E-state index contributed by atoms with van der Waals surface area (Å²) < 4.78 is 10.0. The molecule has 0 aromatic heterocycles. The fourth-order valence-electron chi connectivity index (χ4n) is 1.98. The van der Waals surface area contributed by atoms with Gasteiger partial charge < -0.3 is 14.6 Å². The van der Waals surface area contributed by atoms with Crippen LogP contribution in [0.3, 0.4) is 0 Å². The molecule has 0 spiro atoms. The first kappa shape index (κ1) is 16.6. The van der Waals surface area contributed by atoms with Crippen LogP contribution in [0.4, 0.5) is 0 Å². The van der Waals surface area contributed by atoms with Crippen molar-refractivity contribution in [3.8, 4) is 17.6 Å². The van der Waals surface area contributed by atoms with Crippen LogP contribution in [0.15, 0.2) is 42.5 Å². The normalized spacial score (nSPS) is 9.83. The highest BCUT2D eigenvalue weighted by molar-refractivity contribution is 5.89. The monoisotopic (exact) mass is 310 g/mol. The fourth-order valence-corrected chi connectivity index (χ4v) is 1.98. The molecule has 0 heterocycles. The van der Waals surface area contributed by atoms with Gasteiger partial charge in [-0.15, -0.1) is 0 Å². The molecule has 0 saturated heterocycles. The second kappa shape index (κ2) is 8.02. The molecule has 4 heteroatoms. The Kier molecular flexibility index (Phi) is 5.79. The van der Waals surface area contributed by atoms with Crippen LogP contribution in [-0.2, 0) is 16.1 Å². The third-order valence-corrected chi connectivity index (χ3v) is 3.20. The molecule has 0 aliphatic rings. The minimum Gasteiger partial charge on any atom is -0.508 e. The number of aromatic hydroxyl groups is 1. The van der Waals surface area contributed by atoms with Crippen molar-refractivity contribution in [1.29, 1.82) is 0 Å². The smallest absolute Gasteiger partial charge is 0.337 e. The number of hydrogen-bond donors (Lipinski definition) is 1. The summed E-state index contributed by atoms with van der Waals surface area (Å²) in [5.74, 6) is 5.93. The molecule has 0 aliphatic carbocycles. The molecule has 2 rings (SSSR count). The molecular formula is C19H18O4. The zero-order chi connectivity index (χ0) is 16.7. The SMILES string of the molecule is CCOCc1cc(O)ccc1C#Cc1ccc(C(=O)OC)cc1. The van der Waals surface area contributed by atoms with Gasteiger partial charge in [0.05, 0.1) is 19.3 Å². The van der Waals surface area contributed by atoms with E-state index >= 15 is 0 Å². The Morgan fingerprint density at radius 2 is 1.87 bits per heavy atom. The van der Waals surface area contributed by atoms with Gasteiger partial charge in [-0.2, -0.15) is 0 Å². The second-order valence-electron chi connectivity index (χ2n) is 4.80. The Labute approximate surface area is 135 Å². The van der Waals surface area contributed by atoms with E-state index in [1.54, 1.807) is 42.5 Å². The quantitative estimate of drug-likeness (QED) is 0.696. The van der Waals surface area contributed by atoms with Crippen LogP contribution in [0.25, 0.3) is 0 Å². The predicted octanol–water partition coefficient (Wildman–Crippen LogP) is 3.12. The Hall–Kier alpha value is -2.77. The molecular weight excluding hydrogens is 292 g/mol. The van der Waals surface area contributed by atoms with Gasteiger partial charge in [-0.25, -0.2) is 4.79 Å². The summed E-state index contributed by atoms with van der Waals surface area (Å²) in [5, 5.41) is 9.58. The number of benzene rings is 2. The molecule has 23 heavy (non-hydrogen) atoms. The topological polar surface area (TPSA) is 55.8 Å². The lowest BCUT2D eigenvalue weighted by Gasteiger charge is -2.05. The summed E-state index contributed by atoms with van der Waals surface area (Å²) in [6, 6.07) is 11.9. The number of ether oxygens (including phenoxy) is 2. The Balaban J connectivity index is 2.22. The van der Waals surface area contributed by atoms with Gasteiger partial charge in [0.25, 0.3) is 0 Å². The average Bonchev–Trinajstić information content (AvgIpc) is 2.58. The van der Waals surface area contributed by atoms with Crippen LogP contribution < -0.4 is 0 Å². The maximum atomic E-state index is 11.4. The summed E-state index contributed by atoms with van der Waals surface area (Å²) in [7, 11) is 1.35. The standard InChI is InChI=1S/C19H18O4/c1-3-23-13-17-12-18(20)11-10-15(17)7-4-14-5-8-16(9-6-14)19(21)22-2/h5-6,8-12,20H,3,13H2,1-2H3. The van der Waals surface area contributed by atoms with Crippen molar-refractivity contribution < 1.29 is 19.4 Å². The van der Waals surface area contributed by atoms with Gasteiger partial charge in [0.1, 0.15) is 5.75 Å². The van der Waals surface area contributed by atoms with Crippen molar-refractivity contribution >= 4 is 5.97 Å².